The van der Waals surface area contributed by atoms with E-state index in [0.717, 1.165) is 12.0 Å². The minimum absolute atomic E-state index is 0.00387. The van der Waals surface area contributed by atoms with Crippen molar-refractivity contribution < 1.29 is 19.2 Å². The van der Waals surface area contributed by atoms with Crippen molar-refractivity contribution in [1.29, 1.82) is 0 Å². The molecule has 1 amide bonds. The van der Waals surface area contributed by atoms with Crippen LogP contribution in [0.5, 0.6) is 0 Å². The second-order valence-corrected chi connectivity index (χ2v) is 11.4. The molecule has 35 heavy (non-hydrogen) atoms. The van der Waals surface area contributed by atoms with Crippen LogP contribution in [0.1, 0.15) is 73.8 Å². The average molecular weight is 497 g/mol. The van der Waals surface area contributed by atoms with Gasteiger partial charge in [0.2, 0.25) is 5.91 Å². The van der Waals surface area contributed by atoms with Crippen molar-refractivity contribution in [2.24, 2.45) is 11.8 Å². The predicted octanol–water partition coefficient (Wildman–Crippen LogP) is 5.32. The molecule has 6 nitrogen and oxygen atoms in total. The second-order valence-electron chi connectivity index (χ2n) is 10.4. The highest BCUT2D eigenvalue weighted by molar-refractivity contribution is 7.10. The summed E-state index contributed by atoms with van der Waals surface area (Å²) in [6.07, 6.45) is 7.51. The number of carbonyl (C=O) groups excluding carboxylic acids is 2. The largest absolute Gasteiger partial charge is 0.391 e. The summed E-state index contributed by atoms with van der Waals surface area (Å²) in [4.78, 5) is 29.9. The van der Waals surface area contributed by atoms with Crippen LogP contribution in [-0.2, 0) is 9.59 Å². The zero-order valence-electron chi connectivity index (χ0n) is 21.2. The predicted molar refractivity (Wildman–Crippen MR) is 137 cm³/mol. The maximum absolute atomic E-state index is 13.6. The first kappa shape index (κ1) is 25.6. The standard InChI is InChI=1S/C28H36N2O4S/c1-16(2)26(25-13-19(5)29-34-25)28(33)30-15-22(31)14-23(30)24(32)12-18(4)20-6-8-21(9-7-20)27-17(3)10-11-35-27/h6-8,10-11,13,16,18,21-23,26,31H,9,12,14-15H2,1-5H3/t18-,21?,22-,23+,26-/m1/s1. The van der Waals surface area contributed by atoms with Gasteiger partial charge in [-0.1, -0.05) is 44.2 Å². The monoisotopic (exact) mass is 496 g/mol. The first-order valence-electron chi connectivity index (χ1n) is 12.5. The summed E-state index contributed by atoms with van der Waals surface area (Å²) in [6, 6.07) is 3.32. The maximum Gasteiger partial charge on any atom is 0.234 e. The van der Waals surface area contributed by atoms with Crippen molar-refractivity contribution in [2.75, 3.05) is 6.54 Å². The number of aliphatic hydroxyl groups is 1. The number of amides is 1. The molecule has 4 rings (SSSR count). The van der Waals surface area contributed by atoms with Crippen LogP contribution in [0.15, 0.2) is 45.8 Å². The number of aromatic nitrogens is 1. The van der Waals surface area contributed by atoms with Gasteiger partial charge in [-0.25, -0.2) is 0 Å². The molecule has 3 heterocycles. The lowest BCUT2D eigenvalue weighted by molar-refractivity contribution is -0.140. The molecule has 5 atom stereocenters. The molecule has 7 heteroatoms. The number of ketones is 1. The van der Waals surface area contributed by atoms with Crippen LogP contribution in [0.4, 0.5) is 0 Å². The summed E-state index contributed by atoms with van der Waals surface area (Å²) in [5, 5.41) is 16.5. The zero-order valence-corrected chi connectivity index (χ0v) is 22.0. The van der Waals surface area contributed by atoms with Crippen LogP contribution in [0.25, 0.3) is 0 Å². The van der Waals surface area contributed by atoms with Crippen molar-refractivity contribution in [1.82, 2.24) is 10.1 Å². The van der Waals surface area contributed by atoms with Crippen molar-refractivity contribution in [3.05, 3.63) is 63.2 Å². The number of aryl methyl sites for hydroxylation is 2. The number of Topliss-reactive ketones (excluding diaryl/α,β-unsaturated/α-hetero) is 1. The van der Waals surface area contributed by atoms with Gasteiger partial charge in [0.25, 0.3) is 0 Å². The molecular formula is C28H36N2O4S. The van der Waals surface area contributed by atoms with Crippen molar-refractivity contribution in [2.45, 2.75) is 77.9 Å². The Labute approximate surface area is 211 Å². The van der Waals surface area contributed by atoms with Gasteiger partial charge in [-0.2, -0.15) is 0 Å². The van der Waals surface area contributed by atoms with Crippen LogP contribution >= 0.6 is 11.3 Å². The number of aliphatic hydroxyl groups excluding tert-OH is 1. The molecule has 1 saturated heterocycles. The molecule has 1 N–H and O–H groups in total. The van der Waals surface area contributed by atoms with Crippen LogP contribution in [0.3, 0.4) is 0 Å². The number of carbonyl (C=O) groups is 2. The molecule has 0 radical (unpaired) electrons. The summed E-state index contributed by atoms with van der Waals surface area (Å²) < 4.78 is 5.42. The Morgan fingerprint density at radius 2 is 2.06 bits per heavy atom. The Balaban J connectivity index is 1.43. The minimum Gasteiger partial charge on any atom is -0.391 e. The number of nitrogens with zero attached hydrogens (tertiary/aromatic N) is 2. The van der Waals surface area contributed by atoms with E-state index >= 15 is 0 Å². The number of hydrogen-bond acceptors (Lipinski definition) is 6. The molecule has 0 saturated carbocycles. The third-order valence-corrected chi connectivity index (χ3v) is 8.41. The topological polar surface area (TPSA) is 83.6 Å². The third kappa shape index (κ3) is 5.51. The SMILES string of the molecule is Cc1cc([C@H](C(=O)N2C[C@H](O)C[C@H]2C(=O)C[C@@H](C)C2=CCC(c3sccc3C)C=C2)C(C)C)on1. The van der Waals surface area contributed by atoms with E-state index in [1.807, 2.05) is 20.8 Å². The van der Waals surface area contributed by atoms with Gasteiger partial charge in [-0.3, -0.25) is 9.59 Å². The van der Waals surface area contributed by atoms with Crippen LogP contribution in [0.2, 0.25) is 0 Å². The van der Waals surface area contributed by atoms with Gasteiger partial charge in [0, 0.05) is 36.2 Å². The summed E-state index contributed by atoms with van der Waals surface area (Å²) in [5.41, 5.74) is 3.21. The summed E-state index contributed by atoms with van der Waals surface area (Å²) in [7, 11) is 0. The molecule has 1 unspecified atom stereocenters. The molecule has 188 valence electrons. The third-order valence-electron chi connectivity index (χ3n) is 7.26. The molecule has 1 fully saturated rings. The summed E-state index contributed by atoms with van der Waals surface area (Å²) in [5.74, 6) is 0.227. The maximum atomic E-state index is 13.6. The number of hydrogen-bond donors (Lipinski definition) is 1. The molecule has 0 aromatic carbocycles. The molecule has 2 aromatic heterocycles. The first-order chi connectivity index (χ1) is 16.7. The van der Waals surface area contributed by atoms with E-state index in [2.05, 4.69) is 48.7 Å². The Bertz CT molecular complexity index is 1130. The number of allylic oxidation sites excluding steroid dienone is 4. The molecule has 0 spiro atoms. The van der Waals surface area contributed by atoms with E-state index in [9.17, 15) is 14.7 Å². The summed E-state index contributed by atoms with van der Waals surface area (Å²) >= 11 is 1.79. The highest BCUT2D eigenvalue weighted by Gasteiger charge is 2.43. The van der Waals surface area contributed by atoms with Gasteiger partial charge >= 0.3 is 0 Å². The van der Waals surface area contributed by atoms with Crippen LogP contribution in [0, 0.1) is 25.7 Å². The van der Waals surface area contributed by atoms with Gasteiger partial charge in [0.05, 0.1) is 17.8 Å². The number of thiophene rings is 1. The molecule has 1 aliphatic heterocycles. The molecular weight excluding hydrogens is 460 g/mol. The Morgan fingerprint density at radius 1 is 1.29 bits per heavy atom. The lowest BCUT2D eigenvalue weighted by Crippen LogP contribution is -2.44. The average Bonchev–Trinajstić information content (AvgIpc) is 3.53. The van der Waals surface area contributed by atoms with Gasteiger partial charge in [-0.05, 0) is 54.7 Å². The van der Waals surface area contributed by atoms with E-state index in [1.165, 1.54) is 10.4 Å². The molecule has 2 aliphatic rings. The number of likely N-dealkylation sites (tertiary alicyclic amines) is 1. The van der Waals surface area contributed by atoms with Gasteiger partial charge < -0.3 is 14.5 Å². The molecule has 0 bridgehead atoms. The lowest BCUT2D eigenvalue weighted by Gasteiger charge is -2.29. The van der Waals surface area contributed by atoms with Gasteiger partial charge in [-0.15, -0.1) is 11.3 Å². The van der Waals surface area contributed by atoms with Gasteiger partial charge in [0.1, 0.15) is 11.7 Å². The number of rotatable bonds is 8. The normalized spacial score (nSPS) is 24.0. The Morgan fingerprint density at radius 3 is 2.63 bits per heavy atom. The van der Waals surface area contributed by atoms with Crippen molar-refractivity contribution in [3.8, 4) is 0 Å². The Kier molecular flexibility index (Phi) is 7.77. The zero-order chi connectivity index (χ0) is 25.3. The van der Waals surface area contributed by atoms with Crippen molar-refractivity contribution in [3.63, 3.8) is 0 Å². The van der Waals surface area contributed by atoms with E-state index in [-0.39, 0.29) is 36.5 Å². The molecule has 1 aliphatic carbocycles. The fourth-order valence-electron chi connectivity index (χ4n) is 5.32. The summed E-state index contributed by atoms with van der Waals surface area (Å²) in [6.45, 7) is 10.1. The van der Waals surface area contributed by atoms with E-state index in [0.29, 0.717) is 23.8 Å². The van der Waals surface area contributed by atoms with E-state index in [4.69, 9.17) is 4.52 Å². The second kappa shape index (κ2) is 10.6. The first-order valence-corrected chi connectivity index (χ1v) is 13.4. The van der Waals surface area contributed by atoms with Crippen LogP contribution < -0.4 is 0 Å². The number of β-amino-alcohol motifs (C(OH)–C–C–N with tert-alkyl or cyclic N) is 1. The fraction of sp³-hybridized carbons (Fsp3) is 0.536. The fourth-order valence-corrected chi connectivity index (χ4v) is 6.35. The van der Waals surface area contributed by atoms with Crippen molar-refractivity contribution >= 4 is 23.0 Å². The van der Waals surface area contributed by atoms with E-state index in [1.54, 1.807) is 22.3 Å². The van der Waals surface area contributed by atoms with Crippen LogP contribution in [-0.4, -0.2) is 45.5 Å². The Hall–Kier alpha value is -2.51. The van der Waals surface area contributed by atoms with Gasteiger partial charge in [0.15, 0.2) is 5.78 Å². The highest BCUT2D eigenvalue weighted by atomic mass is 32.1. The highest BCUT2D eigenvalue weighted by Crippen LogP contribution is 2.36. The lowest BCUT2D eigenvalue weighted by atomic mass is 9.85. The smallest absolute Gasteiger partial charge is 0.234 e. The minimum atomic E-state index is -0.698. The van der Waals surface area contributed by atoms with E-state index < -0.39 is 18.1 Å². The molecule has 2 aromatic rings. The quantitative estimate of drug-likeness (QED) is 0.535.